The van der Waals surface area contributed by atoms with Crippen molar-refractivity contribution in [1.29, 1.82) is 0 Å². The highest BCUT2D eigenvalue weighted by Gasteiger charge is 2.11. The molecule has 0 unspecified atom stereocenters. The standard InChI is InChI=1S/C14H15ClN2O2/c1-19-8-4-7-16-14(18)11-9-13(15)17-12-6-3-2-5-10(11)12/h2-3,5-6,9H,4,7-8H2,1H3,(H,16,18). The van der Waals surface area contributed by atoms with Crippen molar-refractivity contribution in [2.75, 3.05) is 20.3 Å². The summed E-state index contributed by atoms with van der Waals surface area (Å²) in [4.78, 5) is 16.3. The number of nitrogens with one attached hydrogen (secondary N) is 1. The Labute approximate surface area is 116 Å². The van der Waals surface area contributed by atoms with E-state index in [0.29, 0.717) is 23.9 Å². The number of nitrogens with zero attached hydrogens (tertiary/aromatic N) is 1. The fourth-order valence-corrected chi connectivity index (χ4v) is 2.04. The van der Waals surface area contributed by atoms with Crippen LogP contribution in [-0.4, -0.2) is 31.2 Å². The Morgan fingerprint density at radius 1 is 1.42 bits per heavy atom. The van der Waals surface area contributed by atoms with Crippen molar-refractivity contribution in [2.45, 2.75) is 6.42 Å². The van der Waals surface area contributed by atoms with Gasteiger partial charge in [0.15, 0.2) is 0 Å². The maximum atomic E-state index is 12.1. The van der Waals surface area contributed by atoms with Gasteiger partial charge in [0, 0.05) is 25.6 Å². The van der Waals surface area contributed by atoms with Crippen LogP contribution in [0.4, 0.5) is 0 Å². The number of aromatic nitrogens is 1. The van der Waals surface area contributed by atoms with E-state index in [4.69, 9.17) is 16.3 Å². The number of methoxy groups -OCH3 is 1. The number of carbonyl (C=O) groups excluding carboxylic acids is 1. The number of fused-ring (bicyclic) bond motifs is 1. The number of amides is 1. The third-order valence-corrected chi connectivity index (χ3v) is 2.93. The van der Waals surface area contributed by atoms with Gasteiger partial charge < -0.3 is 10.1 Å². The minimum absolute atomic E-state index is 0.142. The van der Waals surface area contributed by atoms with E-state index >= 15 is 0 Å². The fourth-order valence-electron chi connectivity index (χ4n) is 1.84. The Bertz CT molecular complexity index is 587. The molecule has 0 aliphatic rings. The van der Waals surface area contributed by atoms with Crippen LogP contribution < -0.4 is 5.32 Å². The monoisotopic (exact) mass is 278 g/mol. The highest BCUT2D eigenvalue weighted by Crippen LogP contribution is 2.20. The van der Waals surface area contributed by atoms with E-state index in [2.05, 4.69) is 10.3 Å². The van der Waals surface area contributed by atoms with Gasteiger partial charge in [-0.05, 0) is 18.6 Å². The predicted octanol–water partition coefficient (Wildman–Crippen LogP) is 2.65. The van der Waals surface area contributed by atoms with Crippen molar-refractivity contribution >= 4 is 28.4 Å². The molecule has 1 heterocycles. The Morgan fingerprint density at radius 3 is 3.00 bits per heavy atom. The maximum absolute atomic E-state index is 12.1. The van der Waals surface area contributed by atoms with Crippen LogP contribution in [0.2, 0.25) is 5.15 Å². The second-order valence-electron chi connectivity index (χ2n) is 4.11. The Morgan fingerprint density at radius 2 is 2.21 bits per heavy atom. The molecule has 0 radical (unpaired) electrons. The second kappa shape index (κ2) is 6.50. The highest BCUT2D eigenvalue weighted by atomic mass is 35.5. The van der Waals surface area contributed by atoms with Gasteiger partial charge in [-0.1, -0.05) is 29.8 Å². The zero-order valence-corrected chi connectivity index (χ0v) is 11.4. The largest absolute Gasteiger partial charge is 0.385 e. The summed E-state index contributed by atoms with van der Waals surface area (Å²) in [7, 11) is 1.64. The molecule has 0 aliphatic heterocycles. The number of benzene rings is 1. The molecular weight excluding hydrogens is 264 g/mol. The molecule has 0 saturated carbocycles. The first-order valence-corrected chi connectivity index (χ1v) is 6.42. The van der Waals surface area contributed by atoms with Crippen LogP contribution in [0.1, 0.15) is 16.8 Å². The molecule has 100 valence electrons. The minimum Gasteiger partial charge on any atom is -0.385 e. The summed E-state index contributed by atoms with van der Waals surface area (Å²) in [6.07, 6.45) is 0.777. The smallest absolute Gasteiger partial charge is 0.252 e. The molecule has 19 heavy (non-hydrogen) atoms. The van der Waals surface area contributed by atoms with Crippen LogP contribution in [0.3, 0.4) is 0 Å². The average molecular weight is 279 g/mol. The van der Waals surface area contributed by atoms with Gasteiger partial charge in [-0.15, -0.1) is 0 Å². The summed E-state index contributed by atoms with van der Waals surface area (Å²) in [5, 5.41) is 3.97. The molecule has 0 fully saturated rings. The maximum Gasteiger partial charge on any atom is 0.252 e. The topological polar surface area (TPSA) is 51.2 Å². The Balaban J connectivity index is 2.21. The van der Waals surface area contributed by atoms with Gasteiger partial charge in [0.05, 0.1) is 11.1 Å². The lowest BCUT2D eigenvalue weighted by Gasteiger charge is -2.08. The molecule has 5 heteroatoms. The van der Waals surface area contributed by atoms with Crippen LogP contribution >= 0.6 is 11.6 Å². The first-order chi connectivity index (χ1) is 9.22. The zero-order valence-electron chi connectivity index (χ0n) is 10.6. The molecule has 0 atom stereocenters. The summed E-state index contributed by atoms with van der Waals surface area (Å²) in [5.74, 6) is -0.142. The van der Waals surface area contributed by atoms with E-state index in [1.54, 1.807) is 13.2 Å². The molecule has 1 amide bonds. The summed E-state index contributed by atoms with van der Waals surface area (Å²) < 4.78 is 4.94. The number of para-hydroxylation sites is 1. The van der Waals surface area contributed by atoms with Crippen molar-refractivity contribution < 1.29 is 9.53 Å². The summed E-state index contributed by atoms with van der Waals surface area (Å²) in [6.45, 7) is 1.19. The van der Waals surface area contributed by atoms with Gasteiger partial charge >= 0.3 is 0 Å². The van der Waals surface area contributed by atoms with E-state index < -0.39 is 0 Å². The van der Waals surface area contributed by atoms with E-state index in [0.717, 1.165) is 17.3 Å². The summed E-state index contributed by atoms with van der Waals surface area (Å²) in [6, 6.07) is 9.03. The normalized spacial score (nSPS) is 10.6. The summed E-state index contributed by atoms with van der Waals surface area (Å²) in [5.41, 5.74) is 1.27. The van der Waals surface area contributed by atoms with Crippen LogP contribution in [0.15, 0.2) is 30.3 Å². The van der Waals surface area contributed by atoms with E-state index in [1.165, 1.54) is 0 Å². The third kappa shape index (κ3) is 3.43. The lowest BCUT2D eigenvalue weighted by atomic mass is 10.1. The molecule has 0 aliphatic carbocycles. The van der Waals surface area contributed by atoms with Crippen molar-refractivity contribution in [1.82, 2.24) is 10.3 Å². The predicted molar refractivity (Wildman–Crippen MR) is 75.6 cm³/mol. The van der Waals surface area contributed by atoms with Crippen LogP contribution in [-0.2, 0) is 4.74 Å². The van der Waals surface area contributed by atoms with Gasteiger partial charge in [-0.2, -0.15) is 0 Å². The highest BCUT2D eigenvalue weighted by molar-refractivity contribution is 6.30. The van der Waals surface area contributed by atoms with Crippen molar-refractivity contribution in [3.63, 3.8) is 0 Å². The first kappa shape index (κ1) is 13.8. The molecule has 2 rings (SSSR count). The lowest BCUT2D eigenvalue weighted by Crippen LogP contribution is -2.25. The van der Waals surface area contributed by atoms with E-state index in [9.17, 15) is 4.79 Å². The SMILES string of the molecule is COCCCNC(=O)c1cc(Cl)nc2ccccc12. The van der Waals surface area contributed by atoms with Gasteiger partial charge in [0.2, 0.25) is 0 Å². The molecule has 4 nitrogen and oxygen atoms in total. The van der Waals surface area contributed by atoms with E-state index in [-0.39, 0.29) is 5.91 Å². The molecule has 1 aromatic carbocycles. The van der Waals surface area contributed by atoms with Crippen LogP contribution in [0.25, 0.3) is 10.9 Å². The number of carbonyl (C=O) groups is 1. The van der Waals surface area contributed by atoms with Crippen LogP contribution in [0, 0.1) is 0 Å². The van der Waals surface area contributed by atoms with Gasteiger partial charge in [-0.25, -0.2) is 4.98 Å². The van der Waals surface area contributed by atoms with Gasteiger partial charge in [-0.3, -0.25) is 4.79 Å². The fraction of sp³-hybridized carbons (Fsp3) is 0.286. The number of hydrogen-bond acceptors (Lipinski definition) is 3. The molecule has 0 spiro atoms. The molecular formula is C14H15ClN2O2. The molecule has 1 aromatic heterocycles. The van der Waals surface area contributed by atoms with Gasteiger partial charge in [0.25, 0.3) is 5.91 Å². The van der Waals surface area contributed by atoms with Gasteiger partial charge in [0.1, 0.15) is 5.15 Å². The third-order valence-electron chi connectivity index (χ3n) is 2.74. The minimum atomic E-state index is -0.142. The van der Waals surface area contributed by atoms with Crippen molar-refractivity contribution in [3.05, 3.63) is 41.0 Å². The quantitative estimate of drug-likeness (QED) is 0.676. The number of halogens is 1. The van der Waals surface area contributed by atoms with E-state index in [1.807, 2.05) is 24.3 Å². The Kier molecular flexibility index (Phi) is 4.71. The zero-order chi connectivity index (χ0) is 13.7. The number of pyridine rings is 1. The van der Waals surface area contributed by atoms with Crippen LogP contribution in [0.5, 0.6) is 0 Å². The Hall–Kier alpha value is -1.65. The molecule has 0 bridgehead atoms. The number of rotatable bonds is 5. The second-order valence-corrected chi connectivity index (χ2v) is 4.50. The molecule has 2 aromatic rings. The number of hydrogen-bond donors (Lipinski definition) is 1. The van der Waals surface area contributed by atoms with Crippen molar-refractivity contribution in [3.8, 4) is 0 Å². The lowest BCUT2D eigenvalue weighted by molar-refractivity contribution is 0.0950. The molecule has 1 N–H and O–H groups in total. The first-order valence-electron chi connectivity index (χ1n) is 6.05. The average Bonchev–Trinajstić information content (AvgIpc) is 2.42. The molecule has 0 saturated heterocycles. The van der Waals surface area contributed by atoms with Crippen molar-refractivity contribution in [2.24, 2.45) is 0 Å². The summed E-state index contributed by atoms with van der Waals surface area (Å²) >= 11 is 5.94. The number of ether oxygens (including phenoxy) is 1.